The number of nitrogens with zero attached hydrogens (tertiary/aromatic N) is 4. The van der Waals surface area contributed by atoms with Gasteiger partial charge in [-0.15, -0.1) is 0 Å². The number of carbonyl (C=O) groups is 4. The quantitative estimate of drug-likeness (QED) is 0.271. The second-order valence-electron chi connectivity index (χ2n) is 13.1. The van der Waals surface area contributed by atoms with Crippen molar-refractivity contribution in [2.75, 3.05) is 38.5 Å². The Kier molecular flexibility index (Phi) is 12.0. The number of piperazine rings is 1. The van der Waals surface area contributed by atoms with Crippen molar-refractivity contribution in [3.05, 3.63) is 83.7 Å². The maximum Gasteiger partial charge on any atom is 0.269 e. The topological polar surface area (TPSA) is 129 Å². The number of aromatic nitrogens is 2. The van der Waals surface area contributed by atoms with Gasteiger partial charge in [0.2, 0.25) is 17.7 Å². The summed E-state index contributed by atoms with van der Waals surface area (Å²) in [6.45, 7) is 3.90. The number of carbonyl (C=O) groups excluding carboxylic acids is 4. The molecule has 256 valence electrons. The first kappa shape index (κ1) is 34.8. The Bertz CT molecular complexity index is 1530. The molecule has 5 rings (SSSR count). The van der Waals surface area contributed by atoms with Gasteiger partial charge < -0.3 is 20.9 Å². The molecule has 1 aromatic heterocycles. The fourth-order valence-electron chi connectivity index (χ4n) is 6.92. The standard InChI is InChI=1S/C37H49N7O4/c1-4-34(45)41-31(37(48)44-22-21-42(2)33(25-44)28-13-9-6-10-14-28)23-26-15-17-29(18-16-26)40-35(46)30(27-11-7-5-8-12-27)24-38-36(47)32-19-20-39-43(32)3/h6,9-10,13-20,27,30-31,33H,4-5,7-8,11-12,21-25H2,1-3H3,(H,38,47)(H,40,46)(H,41,45)/t30-,31+,33?/m0/s1. The lowest BCUT2D eigenvalue weighted by Crippen LogP contribution is -2.55. The average Bonchev–Trinajstić information content (AvgIpc) is 3.55. The molecule has 3 N–H and O–H groups in total. The zero-order valence-corrected chi connectivity index (χ0v) is 28.4. The molecule has 2 aliphatic rings. The van der Waals surface area contributed by atoms with Crippen LogP contribution in [0.2, 0.25) is 0 Å². The molecule has 1 saturated carbocycles. The molecule has 0 spiro atoms. The van der Waals surface area contributed by atoms with Crippen LogP contribution in [0.15, 0.2) is 66.9 Å². The van der Waals surface area contributed by atoms with Gasteiger partial charge in [0.25, 0.3) is 5.91 Å². The van der Waals surface area contributed by atoms with Gasteiger partial charge in [-0.3, -0.25) is 28.8 Å². The number of benzene rings is 2. The summed E-state index contributed by atoms with van der Waals surface area (Å²) in [6, 6.07) is 18.7. The summed E-state index contributed by atoms with van der Waals surface area (Å²) in [6.07, 6.45) is 7.43. The average molecular weight is 656 g/mol. The van der Waals surface area contributed by atoms with Crippen molar-refractivity contribution in [2.45, 2.75) is 64.0 Å². The second-order valence-corrected chi connectivity index (χ2v) is 13.1. The van der Waals surface area contributed by atoms with Crippen molar-refractivity contribution in [1.29, 1.82) is 0 Å². The van der Waals surface area contributed by atoms with Crippen molar-refractivity contribution < 1.29 is 19.2 Å². The van der Waals surface area contributed by atoms with Crippen LogP contribution in [0, 0.1) is 11.8 Å². The Morgan fingerprint density at radius 1 is 0.917 bits per heavy atom. The molecule has 3 aromatic rings. The Morgan fingerprint density at radius 3 is 2.31 bits per heavy atom. The highest BCUT2D eigenvalue weighted by Crippen LogP contribution is 2.31. The zero-order valence-electron chi connectivity index (χ0n) is 28.4. The van der Waals surface area contributed by atoms with Gasteiger partial charge in [0.15, 0.2) is 0 Å². The Morgan fingerprint density at radius 2 is 1.65 bits per heavy atom. The summed E-state index contributed by atoms with van der Waals surface area (Å²) in [7, 11) is 3.79. The third-order valence-corrected chi connectivity index (χ3v) is 9.85. The molecule has 11 heteroatoms. The molecule has 1 aliphatic heterocycles. The Labute approximate surface area is 283 Å². The fraction of sp³-hybridized carbons (Fsp3) is 0.486. The number of anilines is 1. The van der Waals surface area contributed by atoms with E-state index in [-0.39, 0.29) is 54.5 Å². The highest BCUT2D eigenvalue weighted by atomic mass is 16.2. The molecule has 48 heavy (non-hydrogen) atoms. The van der Waals surface area contributed by atoms with E-state index in [1.165, 1.54) is 4.68 Å². The van der Waals surface area contributed by atoms with Gasteiger partial charge in [-0.1, -0.05) is 68.7 Å². The van der Waals surface area contributed by atoms with Gasteiger partial charge in [-0.2, -0.15) is 5.10 Å². The number of aryl methyl sites for hydroxylation is 1. The van der Waals surface area contributed by atoms with E-state index in [0.29, 0.717) is 30.9 Å². The smallest absolute Gasteiger partial charge is 0.269 e. The minimum absolute atomic E-state index is 0.0789. The van der Waals surface area contributed by atoms with Crippen molar-refractivity contribution in [3.63, 3.8) is 0 Å². The first-order valence-electron chi connectivity index (χ1n) is 17.2. The van der Waals surface area contributed by atoms with Gasteiger partial charge in [0.1, 0.15) is 11.7 Å². The Balaban J connectivity index is 1.24. The van der Waals surface area contributed by atoms with Crippen molar-refractivity contribution in [2.24, 2.45) is 18.9 Å². The molecular weight excluding hydrogens is 606 g/mol. The van der Waals surface area contributed by atoms with Crippen LogP contribution in [0.3, 0.4) is 0 Å². The van der Waals surface area contributed by atoms with Crippen LogP contribution in [-0.4, -0.2) is 82.5 Å². The van der Waals surface area contributed by atoms with E-state index in [1.807, 2.05) is 47.4 Å². The summed E-state index contributed by atoms with van der Waals surface area (Å²) in [5.41, 5.74) is 3.13. The van der Waals surface area contributed by atoms with Crippen LogP contribution in [0.5, 0.6) is 0 Å². The molecule has 1 aliphatic carbocycles. The van der Waals surface area contributed by atoms with Crippen LogP contribution in [0.4, 0.5) is 5.69 Å². The number of amides is 4. The van der Waals surface area contributed by atoms with E-state index >= 15 is 0 Å². The van der Waals surface area contributed by atoms with Crippen LogP contribution in [-0.2, 0) is 27.9 Å². The summed E-state index contributed by atoms with van der Waals surface area (Å²) >= 11 is 0. The van der Waals surface area contributed by atoms with Gasteiger partial charge in [-0.05, 0) is 55.1 Å². The first-order valence-corrected chi connectivity index (χ1v) is 17.2. The van der Waals surface area contributed by atoms with Crippen molar-refractivity contribution in [1.82, 2.24) is 30.2 Å². The highest BCUT2D eigenvalue weighted by molar-refractivity contribution is 5.95. The highest BCUT2D eigenvalue weighted by Gasteiger charge is 2.33. The van der Waals surface area contributed by atoms with Crippen LogP contribution in [0.1, 0.15) is 73.1 Å². The summed E-state index contributed by atoms with van der Waals surface area (Å²) < 4.78 is 1.52. The normalized spacial score (nSPS) is 18.5. The Hall–Kier alpha value is -4.51. The molecule has 2 heterocycles. The zero-order chi connectivity index (χ0) is 34.0. The third-order valence-electron chi connectivity index (χ3n) is 9.85. The lowest BCUT2D eigenvalue weighted by molar-refractivity contribution is -0.138. The van der Waals surface area contributed by atoms with Crippen LogP contribution < -0.4 is 16.0 Å². The monoisotopic (exact) mass is 655 g/mol. The summed E-state index contributed by atoms with van der Waals surface area (Å²) in [5.74, 6) is -0.806. The third kappa shape index (κ3) is 8.89. The van der Waals surface area contributed by atoms with E-state index in [1.54, 1.807) is 26.2 Å². The minimum Gasteiger partial charge on any atom is -0.350 e. The first-order chi connectivity index (χ1) is 23.2. The molecule has 0 radical (unpaired) electrons. The molecular formula is C37H49N7O4. The van der Waals surface area contributed by atoms with E-state index in [0.717, 1.165) is 49.8 Å². The SMILES string of the molecule is CCC(=O)N[C@H](Cc1ccc(NC(=O)[C@@H](CNC(=O)c2ccnn2C)C2CCCCC2)cc1)C(=O)N1CCN(C)C(c2ccccc2)C1. The van der Waals surface area contributed by atoms with E-state index in [2.05, 4.69) is 45.1 Å². The number of nitrogens with one attached hydrogen (secondary N) is 3. The molecule has 4 amide bonds. The van der Waals surface area contributed by atoms with E-state index in [4.69, 9.17) is 0 Å². The van der Waals surface area contributed by atoms with Crippen molar-refractivity contribution in [3.8, 4) is 0 Å². The predicted octanol–water partition coefficient (Wildman–Crippen LogP) is 3.94. The summed E-state index contributed by atoms with van der Waals surface area (Å²) in [5, 5.41) is 13.1. The predicted molar refractivity (Wildman–Crippen MR) is 185 cm³/mol. The van der Waals surface area contributed by atoms with Gasteiger partial charge in [-0.25, -0.2) is 0 Å². The number of rotatable bonds is 12. The summed E-state index contributed by atoms with van der Waals surface area (Å²) in [4.78, 5) is 56.9. The molecule has 1 saturated heterocycles. The molecule has 2 fully saturated rings. The van der Waals surface area contributed by atoms with E-state index in [9.17, 15) is 19.2 Å². The number of likely N-dealkylation sites (N-methyl/N-ethyl adjacent to an activating group) is 1. The molecule has 11 nitrogen and oxygen atoms in total. The maximum atomic E-state index is 13.9. The molecule has 0 bridgehead atoms. The van der Waals surface area contributed by atoms with Gasteiger partial charge >= 0.3 is 0 Å². The van der Waals surface area contributed by atoms with Crippen LogP contribution >= 0.6 is 0 Å². The van der Waals surface area contributed by atoms with Gasteiger partial charge in [0, 0.05) is 58.0 Å². The molecule has 2 aromatic carbocycles. The lowest BCUT2D eigenvalue weighted by atomic mass is 9.79. The van der Waals surface area contributed by atoms with Gasteiger partial charge in [0.05, 0.1) is 12.0 Å². The molecule has 1 unspecified atom stereocenters. The minimum atomic E-state index is -0.698. The lowest BCUT2D eigenvalue weighted by Gasteiger charge is -2.41. The maximum absolute atomic E-state index is 13.9. The second kappa shape index (κ2) is 16.5. The fourth-order valence-corrected chi connectivity index (χ4v) is 6.92. The van der Waals surface area contributed by atoms with E-state index < -0.39 is 6.04 Å². The van der Waals surface area contributed by atoms with Crippen LogP contribution in [0.25, 0.3) is 0 Å². The van der Waals surface area contributed by atoms with Crippen molar-refractivity contribution >= 4 is 29.3 Å². The largest absolute Gasteiger partial charge is 0.350 e. The number of hydrogen-bond donors (Lipinski definition) is 3. The molecule has 3 atom stereocenters. The number of hydrogen-bond acceptors (Lipinski definition) is 6.